The van der Waals surface area contributed by atoms with E-state index in [1.54, 1.807) is 12.4 Å². The van der Waals surface area contributed by atoms with E-state index in [2.05, 4.69) is 43.0 Å². The minimum absolute atomic E-state index is 0.0125. The summed E-state index contributed by atoms with van der Waals surface area (Å²) in [6.45, 7) is 3.58. The summed E-state index contributed by atoms with van der Waals surface area (Å²) in [4.78, 5) is 26.1. The first kappa shape index (κ1) is 25.6. The van der Waals surface area contributed by atoms with Crippen LogP contribution >= 0.6 is 0 Å². The highest BCUT2D eigenvalue weighted by atomic mass is 19.1. The predicted octanol–water partition coefficient (Wildman–Crippen LogP) is 1.64. The molecule has 2 aromatic rings. The van der Waals surface area contributed by atoms with Crippen molar-refractivity contribution in [3.05, 3.63) is 41.2 Å². The van der Waals surface area contributed by atoms with Crippen LogP contribution in [0.1, 0.15) is 41.1 Å². The molecule has 1 amide bonds. The van der Waals surface area contributed by atoms with Crippen molar-refractivity contribution in [3.8, 4) is 11.5 Å². The third-order valence-electron chi connectivity index (χ3n) is 7.75. The van der Waals surface area contributed by atoms with Gasteiger partial charge in [0.1, 0.15) is 0 Å². The Bertz CT molecular complexity index is 1100. The van der Waals surface area contributed by atoms with Gasteiger partial charge in [0.2, 0.25) is 5.95 Å². The Hall–Kier alpha value is -3.09. The predicted molar refractivity (Wildman–Crippen MR) is 133 cm³/mol. The number of rotatable bonds is 6. The van der Waals surface area contributed by atoms with E-state index in [0.717, 1.165) is 26.2 Å². The zero-order chi connectivity index (χ0) is 26.1. The molecule has 2 saturated heterocycles. The Morgan fingerprint density at radius 3 is 2.30 bits per heavy atom. The van der Waals surface area contributed by atoms with Gasteiger partial charge in [-0.2, -0.15) is 0 Å². The second-order valence-corrected chi connectivity index (χ2v) is 9.90. The molecule has 1 aromatic heterocycles. The lowest BCUT2D eigenvalue weighted by atomic mass is 9.75. The van der Waals surface area contributed by atoms with E-state index in [9.17, 15) is 4.79 Å². The Kier molecular flexibility index (Phi) is 7.40. The van der Waals surface area contributed by atoms with Crippen molar-refractivity contribution in [1.29, 1.82) is 0 Å². The van der Waals surface area contributed by atoms with E-state index in [1.807, 2.05) is 0 Å². The van der Waals surface area contributed by atoms with Crippen LogP contribution in [0, 0.1) is 17.6 Å². The molecule has 3 N–H and O–H groups in total. The van der Waals surface area contributed by atoms with E-state index in [0.29, 0.717) is 30.8 Å². The maximum Gasteiger partial charge on any atom is 0.255 e. The van der Waals surface area contributed by atoms with Crippen LogP contribution in [0.25, 0.3) is 0 Å². The van der Waals surface area contributed by atoms with Gasteiger partial charge in [0.15, 0.2) is 23.1 Å². The number of anilines is 1. The molecule has 4 unspecified atom stereocenters. The molecule has 1 aliphatic carbocycles. The number of nitrogens with zero attached hydrogens (tertiary/aromatic N) is 4. The quantitative estimate of drug-likeness (QED) is 0.528. The maximum absolute atomic E-state index is 15.0. The van der Waals surface area contributed by atoms with Crippen molar-refractivity contribution in [2.24, 2.45) is 5.92 Å². The average molecular weight is 518 g/mol. The Balaban J connectivity index is 1.22. The molecule has 3 heterocycles. The number of nitrogens with one attached hydrogen (secondary N) is 3. The second-order valence-electron chi connectivity index (χ2n) is 9.90. The number of carbonyl (C=O) groups excluding carboxylic acids is 1. The minimum atomic E-state index is -0.694. The molecule has 0 bridgehead atoms. The fraction of sp³-hybridized carbons (Fsp3) is 0.560. The molecule has 12 heteroatoms. The van der Waals surface area contributed by atoms with Gasteiger partial charge >= 0.3 is 0 Å². The number of aromatic nitrogens is 2. The van der Waals surface area contributed by atoms with Crippen LogP contribution in [-0.2, 0) is 0 Å². The van der Waals surface area contributed by atoms with Crippen LogP contribution in [0.15, 0.2) is 18.5 Å². The largest absolute Gasteiger partial charge is 0.494 e. The summed E-state index contributed by atoms with van der Waals surface area (Å²) in [5.41, 5.74) is 6.71. The zero-order valence-corrected chi connectivity index (χ0v) is 21.3. The summed E-state index contributed by atoms with van der Waals surface area (Å²) in [5.74, 6) is -1.43. The van der Waals surface area contributed by atoms with Gasteiger partial charge < -0.3 is 24.6 Å². The number of carbonyl (C=O) groups is 1. The minimum Gasteiger partial charge on any atom is -0.494 e. The van der Waals surface area contributed by atoms with Crippen molar-refractivity contribution in [3.63, 3.8) is 0 Å². The van der Waals surface area contributed by atoms with Gasteiger partial charge in [0.05, 0.1) is 25.9 Å². The molecule has 37 heavy (non-hydrogen) atoms. The van der Waals surface area contributed by atoms with Crippen LogP contribution in [0.3, 0.4) is 0 Å². The normalized spacial score (nSPS) is 26.0. The lowest BCUT2D eigenvalue weighted by Gasteiger charge is -2.33. The molecule has 2 aliphatic heterocycles. The van der Waals surface area contributed by atoms with Crippen LogP contribution in [0.4, 0.5) is 14.7 Å². The first-order chi connectivity index (χ1) is 17.9. The number of fused-ring (bicyclic) bond motifs is 1. The third kappa shape index (κ3) is 5.05. The highest BCUT2D eigenvalue weighted by Gasteiger charge is 2.43. The number of benzene rings is 1. The average Bonchev–Trinajstić information content (AvgIpc) is 3.31. The molecule has 1 aromatic carbocycles. The number of halogens is 2. The Morgan fingerprint density at radius 2 is 1.68 bits per heavy atom. The molecular formula is C25H33F2N7O3. The summed E-state index contributed by atoms with van der Waals surface area (Å²) in [5, 5.41) is 3.01. The molecule has 10 nitrogen and oxygen atoms in total. The molecule has 0 spiro atoms. The number of piperazine rings is 1. The number of amides is 1. The Labute approximate surface area is 214 Å². The van der Waals surface area contributed by atoms with Crippen molar-refractivity contribution >= 4 is 11.9 Å². The van der Waals surface area contributed by atoms with Crippen molar-refractivity contribution in [1.82, 2.24) is 31.0 Å². The van der Waals surface area contributed by atoms with Crippen LogP contribution in [-0.4, -0.2) is 80.4 Å². The van der Waals surface area contributed by atoms with Gasteiger partial charge in [-0.3, -0.25) is 10.2 Å². The summed E-state index contributed by atoms with van der Waals surface area (Å²) in [7, 11) is 4.77. The first-order valence-corrected chi connectivity index (χ1v) is 12.6. The zero-order valence-electron chi connectivity index (χ0n) is 21.3. The monoisotopic (exact) mass is 517 g/mol. The third-order valence-corrected chi connectivity index (χ3v) is 7.75. The van der Waals surface area contributed by atoms with Gasteiger partial charge in [-0.05, 0) is 32.2 Å². The van der Waals surface area contributed by atoms with Gasteiger partial charge in [0.25, 0.3) is 5.91 Å². The number of hydrazine groups is 1. The van der Waals surface area contributed by atoms with E-state index < -0.39 is 11.6 Å². The summed E-state index contributed by atoms with van der Waals surface area (Å²) in [6.07, 6.45) is 4.49. The molecule has 5 rings (SSSR count). The van der Waals surface area contributed by atoms with E-state index >= 15 is 8.78 Å². The van der Waals surface area contributed by atoms with Crippen LogP contribution in [0.5, 0.6) is 11.5 Å². The number of hydrogen-bond donors (Lipinski definition) is 3. The van der Waals surface area contributed by atoms with Crippen molar-refractivity contribution in [2.45, 2.75) is 37.4 Å². The molecule has 4 atom stereocenters. The highest BCUT2D eigenvalue weighted by Crippen LogP contribution is 2.44. The SMILES string of the molecule is COc1cc(OC)c(F)c(C2CCC3C(C2)NNC3NC(=O)c2cnc(N3CCN(C)CC3)nc2)c1F. The highest BCUT2D eigenvalue weighted by molar-refractivity contribution is 5.93. The molecular weight excluding hydrogens is 484 g/mol. The standard InChI is InChI=1S/C25H33F2N7O3/c1-33-6-8-34(9-7-33)25-28-12-15(13-29-25)24(35)30-23-16-5-4-14(10-17(16)31-32-23)20-21(26)18(36-2)11-19(37-3)22(20)27/h11-14,16-17,23,31-32H,4-10H2,1-3H3,(H,30,35). The van der Waals surface area contributed by atoms with Gasteiger partial charge in [-0.25, -0.2) is 24.2 Å². The first-order valence-electron chi connectivity index (χ1n) is 12.6. The van der Waals surface area contributed by atoms with E-state index in [4.69, 9.17) is 9.47 Å². The molecule has 3 aliphatic rings. The number of hydrogen-bond acceptors (Lipinski definition) is 9. The maximum atomic E-state index is 15.0. The number of methoxy groups -OCH3 is 2. The van der Waals surface area contributed by atoms with Crippen molar-refractivity contribution in [2.75, 3.05) is 52.3 Å². The van der Waals surface area contributed by atoms with Gasteiger partial charge in [-0.15, -0.1) is 0 Å². The topological polar surface area (TPSA) is 104 Å². The lowest BCUT2D eigenvalue weighted by Crippen LogP contribution is -2.47. The second kappa shape index (κ2) is 10.7. The van der Waals surface area contributed by atoms with E-state index in [1.165, 1.54) is 20.3 Å². The molecule has 200 valence electrons. The summed E-state index contributed by atoms with van der Waals surface area (Å²) < 4.78 is 40.3. The lowest BCUT2D eigenvalue weighted by molar-refractivity contribution is 0.0914. The molecule has 0 radical (unpaired) electrons. The molecule has 1 saturated carbocycles. The molecule has 3 fully saturated rings. The van der Waals surface area contributed by atoms with Gasteiger partial charge in [0, 0.05) is 62.2 Å². The van der Waals surface area contributed by atoms with E-state index in [-0.39, 0.29) is 47.0 Å². The summed E-state index contributed by atoms with van der Waals surface area (Å²) >= 11 is 0. The van der Waals surface area contributed by atoms with Crippen molar-refractivity contribution < 1.29 is 23.0 Å². The fourth-order valence-corrected chi connectivity index (χ4v) is 5.56. The summed E-state index contributed by atoms with van der Waals surface area (Å²) in [6, 6.07) is 1.15. The smallest absolute Gasteiger partial charge is 0.255 e. The fourth-order valence-electron chi connectivity index (χ4n) is 5.56. The van der Waals surface area contributed by atoms with Crippen LogP contribution in [0.2, 0.25) is 0 Å². The number of ether oxygens (including phenoxy) is 2. The Morgan fingerprint density at radius 1 is 1.03 bits per heavy atom. The van der Waals surface area contributed by atoms with Gasteiger partial charge in [-0.1, -0.05) is 0 Å². The number of likely N-dealkylation sites (N-methyl/N-ethyl adjacent to an activating group) is 1. The van der Waals surface area contributed by atoms with Crippen LogP contribution < -0.4 is 30.5 Å².